The maximum Gasteiger partial charge on any atom is 0.510 e. The number of ether oxygens (including phenoxy) is 2. The van der Waals surface area contributed by atoms with Crippen molar-refractivity contribution >= 4 is 13.8 Å². The fourth-order valence-electron chi connectivity index (χ4n) is 0.960. The third-order valence-electron chi connectivity index (χ3n) is 1.78. The highest BCUT2D eigenvalue weighted by atomic mass is 31.2. The van der Waals surface area contributed by atoms with Crippen LogP contribution in [0.5, 0.6) is 0 Å². The van der Waals surface area contributed by atoms with E-state index in [1.54, 1.807) is 27.7 Å². The van der Waals surface area contributed by atoms with Crippen molar-refractivity contribution in [2.75, 3.05) is 7.11 Å². The predicted octanol–water partition coefficient (Wildman–Crippen LogP) is 3.16. The summed E-state index contributed by atoms with van der Waals surface area (Å²) in [5.41, 5.74) is -0.320. The highest BCUT2D eigenvalue weighted by Crippen LogP contribution is 2.53. The van der Waals surface area contributed by atoms with E-state index < -0.39 is 20.0 Å². The third kappa shape index (κ3) is 6.05. The number of hydrogen-bond donors (Lipinski definition) is 0. The highest BCUT2D eigenvalue weighted by molar-refractivity contribution is 7.54. The predicted molar refractivity (Wildman–Crippen MR) is 63.0 cm³/mol. The van der Waals surface area contributed by atoms with Gasteiger partial charge < -0.3 is 14.0 Å². The number of carbonyl (C=O) groups excluding carboxylic acids is 1. The van der Waals surface area contributed by atoms with Crippen LogP contribution in [-0.4, -0.2) is 31.3 Å². The zero-order valence-electron chi connectivity index (χ0n) is 11.1. The topological polar surface area (TPSA) is 71.1 Å². The molecular weight excluding hydrogens is 247 g/mol. The van der Waals surface area contributed by atoms with Crippen LogP contribution in [0.2, 0.25) is 0 Å². The third-order valence-corrected chi connectivity index (χ3v) is 4.14. The molecule has 0 aliphatic carbocycles. The molecule has 7 heteroatoms. The van der Waals surface area contributed by atoms with Gasteiger partial charge in [-0.3, -0.25) is 9.09 Å². The number of carbonyl (C=O) groups is 1. The quantitative estimate of drug-likeness (QED) is 0.418. The van der Waals surface area contributed by atoms with Crippen molar-refractivity contribution in [1.82, 2.24) is 0 Å². The van der Waals surface area contributed by atoms with E-state index in [-0.39, 0.29) is 11.8 Å². The molecule has 0 fully saturated rings. The monoisotopic (exact) mass is 268 g/mol. The Morgan fingerprint density at radius 3 is 1.94 bits per heavy atom. The Kier molecular flexibility index (Phi) is 6.75. The summed E-state index contributed by atoms with van der Waals surface area (Å²) in [5, 5.41) is 0. The minimum atomic E-state index is -3.25. The van der Waals surface area contributed by atoms with E-state index in [1.807, 2.05) is 0 Å². The summed E-state index contributed by atoms with van der Waals surface area (Å²) in [6, 6.07) is 0. The molecule has 0 rings (SSSR count). The summed E-state index contributed by atoms with van der Waals surface area (Å²) in [7, 11) is -1.96. The maximum atomic E-state index is 12.0. The molecule has 0 heterocycles. The zero-order chi connectivity index (χ0) is 13.6. The molecule has 17 heavy (non-hydrogen) atoms. The second kappa shape index (κ2) is 6.99. The Labute approximate surface area is 102 Å². The molecule has 6 nitrogen and oxygen atoms in total. The van der Waals surface area contributed by atoms with Crippen LogP contribution < -0.4 is 0 Å². The van der Waals surface area contributed by atoms with Gasteiger partial charge in [-0.05, 0) is 20.8 Å². The normalized spacial score (nSPS) is 16.7. The summed E-state index contributed by atoms with van der Waals surface area (Å²) < 4.78 is 31.5. The van der Waals surface area contributed by atoms with Crippen molar-refractivity contribution in [3.05, 3.63) is 0 Å². The van der Waals surface area contributed by atoms with Crippen molar-refractivity contribution in [2.24, 2.45) is 0 Å². The molecular formula is C10H21O6P. The number of hydrogen-bond acceptors (Lipinski definition) is 6. The molecule has 0 aromatic rings. The summed E-state index contributed by atoms with van der Waals surface area (Å²) in [6.07, 6.45) is -2.14. The standard InChI is InChI=1S/C10H21O6P/c1-7(2)14-10(11)15-9(5)16-17(12,13-6)8(3)4/h7-9H,1-6H3. The fourth-order valence-corrected chi connectivity index (χ4v) is 2.17. The van der Waals surface area contributed by atoms with E-state index in [0.29, 0.717) is 0 Å². The molecule has 0 aromatic carbocycles. The Hall–Kier alpha value is -0.580. The molecule has 0 saturated carbocycles. The molecule has 0 amide bonds. The molecule has 0 aromatic heterocycles. The van der Waals surface area contributed by atoms with Crippen LogP contribution in [0.4, 0.5) is 4.79 Å². The Balaban J connectivity index is 4.30. The first kappa shape index (κ1) is 16.4. The number of rotatable bonds is 6. The maximum absolute atomic E-state index is 12.0. The van der Waals surface area contributed by atoms with Crippen molar-refractivity contribution in [3.63, 3.8) is 0 Å². The van der Waals surface area contributed by atoms with Gasteiger partial charge in [0, 0.05) is 7.11 Å². The lowest BCUT2D eigenvalue weighted by Gasteiger charge is -2.23. The molecule has 0 N–H and O–H groups in total. The lowest BCUT2D eigenvalue weighted by atomic mass is 10.5. The van der Waals surface area contributed by atoms with E-state index in [4.69, 9.17) is 18.5 Å². The van der Waals surface area contributed by atoms with Gasteiger partial charge in [0.1, 0.15) is 0 Å². The molecule has 102 valence electrons. The molecule has 0 radical (unpaired) electrons. The fraction of sp³-hybridized carbons (Fsp3) is 0.900. The smallest absolute Gasteiger partial charge is 0.432 e. The van der Waals surface area contributed by atoms with Gasteiger partial charge in [0.05, 0.1) is 11.8 Å². The van der Waals surface area contributed by atoms with E-state index in [2.05, 4.69) is 0 Å². The molecule has 0 aliphatic heterocycles. The van der Waals surface area contributed by atoms with E-state index in [1.165, 1.54) is 14.0 Å². The van der Waals surface area contributed by atoms with Crippen LogP contribution >= 0.6 is 7.60 Å². The summed E-state index contributed by atoms with van der Waals surface area (Å²) in [5.74, 6) is 0. The van der Waals surface area contributed by atoms with Gasteiger partial charge in [0.25, 0.3) is 0 Å². The Morgan fingerprint density at radius 2 is 1.59 bits per heavy atom. The first-order chi connectivity index (χ1) is 7.71. The first-order valence-corrected chi connectivity index (χ1v) is 7.03. The van der Waals surface area contributed by atoms with Crippen LogP contribution in [0, 0.1) is 0 Å². The largest absolute Gasteiger partial charge is 0.510 e. The van der Waals surface area contributed by atoms with Gasteiger partial charge in [-0.15, -0.1) is 0 Å². The molecule has 2 unspecified atom stereocenters. The molecule has 2 atom stereocenters. The van der Waals surface area contributed by atoms with E-state index in [9.17, 15) is 9.36 Å². The average Bonchev–Trinajstić information content (AvgIpc) is 2.15. The van der Waals surface area contributed by atoms with Crippen LogP contribution in [0.3, 0.4) is 0 Å². The molecule has 0 bridgehead atoms. The van der Waals surface area contributed by atoms with Gasteiger partial charge in [-0.2, -0.15) is 0 Å². The minimum Gasteiger partial charge on any atom is -0.432 e. The Morgan fingerprint density at radius 1 is 1.06 bits per heavy atom. The Bertz CT molecular complexity index is 289. The van der Waals surface area contributed by atoms with E-state index >= 15 is 0 Å². The molecule has 0 aliphatic rings. The lowest BCUT2D eigenvalue weighted by molar-refractivity contribution is -0.0657. The molecule has 0 spiro atoms. The van der Waals surface area contributed by atoms with Crippen molar-refractivity contribution in [3.8, 4) is 0 Å². The van der Waals surface area contributed by atoms with Gasteiger partial charge in [0.2, 0.25) is 6.29 Å². The minimum absolute atomic E-state index is 0.283. The van der Waals surface area contributed by atoms with Gasteiger partial charge in [0.15, 0.2) is 0 Å². The van der Waals surface area contributed by atoms with Crippen molar-refractivity contribution in [2.45, 2.75) is 52.7 Å². The van der Waals surface area contributed by atoms with Crippen molar-refractivity contribution in [1.29, 1.82) is 0 Å². The average molecular weight is 268 g/mol. The summed E-state index contributed by atoms with van der Waals surface area (Å²) in [6.45, 7) is 8.24. The lowest BCUT2D eigenvalue weighted by Crippen LogP contribution is -2.22. The van der Waals surface area contributed by atoms with Gasteiger partial charge in [-0.25, -0.2) is 4.79 Å². The first-order valence-electron chi connectivity index (χ1n) is 5.42. The highest BCUT2D eigenvalue weighted by Gasteiger charge is 2.31. The van der Waals surface area contributed by atoms with Crippen LogP contribution in [-0.2, 0) is 23.1 Å². The molecule has 0 saturated heterocycles. The van der Waals surface area contributed by atoms with Crippen molar-refractivity contribution < 1.29 is 27.9 Å². The van der Waals surface area contributed by atoms with Crippen LogP contribution in [0.15, 0.2) is 0 Å². The van der Waals surface area contributed by atoms with E-state index in [0.717, 1.165) is 0 Å². The van der Waals surface area contributed by atoms with Gasteiger partial charge in [-0.1, -0.05) is 13.8 Å². The van der Waals surface area contributed by atoms with Gasteiger partial charge >= 0.3 is 13.8 Å². The van der Waals surface area contributed by atoms with Crippen LogP contribution in [0.25, 0.3) is 0 Å². The summed E-state index contributed by atoms with van der Waals surface area (Å²) >= 11 is 0. The SMILES string of the molecule is COP(=O)(OC(C)OC(=O)OC(C)C)C(C)C. The second-order valence-corrected chi connectivity index (χ2v) is 6.71. The summed E-state index contributed by atoms with van der Waals surface area (Å²) in [4.78, 5) is 11.2. The zero-order valence-corrected chi connectivity index (χ0v) is 12.0. The van der Waals surface area contributed by atoms with Crippen LogP contribution in [0.1, 0.15) is 34.6 Å². The second-order valence-electron chi connectivity index (χ2n) is 4.02.